The molecule has 1 N–H and O–H groups in total. The van der Waals surface area contributed by atoms with E-state index in [1.807, 2.05) is 6.92 Å². The Labute approximate surface area is 43.7 Å². The van der Waals surface area contributed by atoms with Crippen LogP contribution in [0.25, 0.3) is 0 Å². The summed E-state index contributed by atoms with van der Waals surface area (Å²) in [5.41, 5.74) is 1.17. The van der Waals surface area contributed by atoms with Gasteiger partial charge in [-0.3, -0.25) is 0 Å². The van der Waals surface area contributed by atoms with Crippen molar-refractivity contribution in [1.29, 1.82) is 0 Å². The van der Waals surface area contributed by atoms with Crippen LogP contribution in [-0.4, -0.2) is 6.54 Å². The normalized spacial score (nSPS) is 18.1. The summed E-state index contributed by atoms with van der Waals surface area (Å²) in [6.07, 6.45) is 7.09. The summed E-state index contributed by atoms with van der Waals surface area (Å²) >= 11 is 0. The fourth-order valence-corrected chi connectivity index (χ4v) is 0.527. The standard InChI is InChI=1S/C6H8N/c1-6-3-2-4-7-5-6/h2-3,7H,4H2,1H3. The first kappa shape index (κ1) is 4.44. The molecule has 1 heterocycles. The molecule has 1 heteroatoms. The Balaban J connectivity index is 2.58. The fourth-order valence-electron chi connectivity index (χ4n) is 0.527. The van der Waals surface area contributed by atoms with Crippen LogP contribution >= 0.6 is 0 Å². The van der Waals surface area contributed by atoms with Crippen molar-refractivity contribution in [1.82, 2.24) is 5.32 Å². The van der Waals surface area contributed by atoms with Crippen LogP contribution in [0.4, 0.5) is 0 Å². The van der Waals surface area contributed by atoms with Gasteiger partial charge in [-0.15, -0.1) is 0 Å². The van der Waals surface area contributed by atoms with Crippen molar-refractivity contribution in [2.45, 2.75) is 6.92 Å². The molecule has 1 rings (SSSR count). The van der Waals surface area contributed by atoms with Gasteiger partial charge in [0.2, 0.25) is 0 Å². The molecule has 0 aromatic heterocycles. The Morgan fingerprint density at radius 1 is 1.86 bits per heavy atom. The number of allylic oxidation sites excluding steroid dienone is 2. The molecule has 0 spiro atoms. The van der Waals surface area contributed by atoms with Gasteiger partial charge in [0.1, 0.15) is 0 Å². The summed E-state index contributed by atoms with van der Waals surface area (Å²) in [5.74, 6) is 0. The lowest BCUT2D eigenvalue weighted by Gasteiger charge is -1.99. The number of rotatable bonds is 0. The van der Waals surface area contributed by atoms with E-state index in [-0.39, 0.29) is 0 Å². The zero-order chi connectivity index (χ0) is 5.11. The molecular formula is C6H8N. The van der Waals surface area contributed by atoms with Gasteiger partial charge >= 0.3 is 0 Å². The van der Waals surface area contributed by atoms with Crippen molar-refractivity contribution >= 4 is 0 Å². The molecule has 1 radical (unpaired) electrons. The van der Waals surface area contributed by atoms with Crippen molar-refractivity contribution in [3.8, 4) is 0 Å². The van der Waals surface area contributed by atoms with Crippen molar-refractivity contribution < 1.29 is 0 Å². The summed E-state index contributed by atoms with van der Waals surface area (Å²) in [6.45, 7) is 2.94. The van der Waals surface area contributed by atoms with Gasteiger partial charge in [-0.1, -0.05) is 12.2 Å². The average Bonchev–Trinajstić information content (AvgIpc) is 1.69. The Kier molecular flexibility index (Phi) is 1.16. The number of nitrogens with one attached hydrogen (secondary N) is 1. The second kappa shape index (κ2) is 1.82. The molecule has 0 bridgehead atoms. The highest BCUT2D eigenvalue weighted by Crippen LogP contribution is 1.93. The molecule has 1 aliphatic heterocycles. The molecule has 1 aliphatic rings. The largest absolute Gasteiger partial charge is 0.380 e. The minimum atomic E-state index is 0.928. The van der Waals surface area contributed by atoms with Crippen LogP contribution in [0.1, 0.15) is 6.92 Å². The van der Waals surface area contributed by atoms with Gasteiger partial charge in [-0.05, 0) is 12.5 Å². The average molecular weight is 94.1 g/mol. The second-order valence-electron chi connectivity index (χ2n) is 1.59. The van der Waals surface area contributed by atoms with Crippen LogP contribution in [0, 0.1) is 6.20 Å². The topological polar surface area (TPSA) is 12.0 Å². The van der Waals surface area contributed by atoms with Crippen LogP contribution in [0.2, 0.25) is 0 Å². The lowest BCUT2D eigenvalue weighted by atomic mass is 10.2. The molecule has 7 heavy (non-hydrogen) atoms. The van der Waals surface area contributed by atoms with Gasteiger partial charge in [0.15, 0.2) is 0 Å². The fraction of sp³-hybridized carbons (Fsp3) is 0.333. The summed E-state index contributed by atoms with van der Waals surface area (Å²) in [4.78, 5) is 0. The summed E-state index contributed by atoms with van der Waals surface area (Å²) < 4.78 is 0. The van der Waals surface area contributed by atoms with Crippen molar-refractivity contribution in [2.24, 2.45) is 0 Å². The molecule has 1 nitrogen and oxygen atoms in total. The maximum atomic E-state index is 2.96. The number of hydrogen-bond donors (Lipinski definition) is 1. The van der Waals surface area contributed by atoms with Crippen LogP contribution in [0.3, 0.4) is 0 Å². The van der Waals surface area contributed by atoms with Crippen LogP contribution in [-0.2, 0) is 0 Å². The van der Waals surface area contributed by atoms with Crippen molar-refractivity contribution in [3.63, 3.8) is 0 Å². The number of hydrogen-bond acceptors (Lipinski definition) is 1. The molecule has 37 valence electrons. The predicted octanol–water partition coefficient (Wildman–Crippen LogP) is 0.853. The maximum Gasteiger partial charge on any atom is 0.0610 e. The van der Waals surface area contributed by atoms with E-state index in [2.05, 4.69) is 23.7 Å². The third kappa shape index (κ3) is 1.07. The van der Waals surface area contributed by atoms with E-state index in [0.29, 0.717) is 0 Å². The molecule has 0 saturated carbocycles. The first-order chi connectivity index (χ1) is 3.39. The van der Waals surface area contributed by atoms with E-state index in [1.165, 1.54) is 5.57 Å². The molecule has 0 saturated heterocycles. The van der Waals surface area contributed by atoms with E-state index in [0.717, 1.165) is 6.54 Å². The maximum absolute atomic E-state index is 2.96. The predicted molar refractivity (Wildman–Crippen MR) is 29.6 cm³/mol. The molecule has 0 unspecified atom stereocenters. The Hall–Kier alpha value is -0.720. The van der Waals surface area contributed by atoms with Crippen molar-refractivity contribution in [2.75, 3.05) is 6.54 Å². The van der Waals surface area contributed by atoms with Gasteiger partial charge < -0.3 is 5.32 Å². The minimum Gasteiger partial charge on any atom is -0.380 e. The molecular weight excluding hydrogens is 86.1 g/mol. The Bertz CT molecular complexity index is 111. The molecule has 0 aromatic rings. The van der Waals surface area contributed by atoms with Gasteiger partial charge in [0, 0.05) is 6.54 Å². The van der Waals surface area contributed by atoms with Crippen LogP contribution in [0.15, 0.2) is 17.7 Å². The van der Waals surface area contributed by atoms with Gasteiger partial charge in [0.25, 0.3) is 0 Å². The number of dihydropyridines is 1. The monoisotopic (exact) mass is 94.1 g/mol. The summed E-state index contributed by atoms with van der Waals surface area (Å²) in [6, 6.07) is 0. The first-order valence-electron chi connectivity index (χ1n) is 2.38. The zero-order valence-electron chi connectivity index (χ0n) is 4.36. The van der Waals surface area contributed by atoms with E-state index in [4.69, 9.17) is 0 Å². The summed E-state index contributed by atoms with van der Waals surface area (Å²) in [7, 11) is 0. The molecule has 0 atom stereocenters. The lowest BCUT2D eigenvalue weighted by molar-refractivity contribution is 0.923. The second-order valence-corrected chi connectivity index (χ2v) is 1.59. The highest BCUT2D eigenvalue weighted by Gasteiger charge is 1.85. The van der Waals surface area contributed by atoms with Gasteiger partial charge in [0.05, 0.1) is 6.20 Å². The van der Waals surface area contributed by atoms with E-state index in [1.54, 1.807) is 0 Å². The third-order valence-corrected chi connectivity index (χ3v) is 0.873. The Morgan fingerprint density at radius 3 is 3.00 bits per heavy atom. The lowest BCUT2D eigenvalue weighted by Crippen LogP contribution is -2.08. The smallest absolute Gasteiger partial charge is 0.0610 e. The highest BCUT2D eigenvalue weighted by molar-refractivity contribution is 5.15. The minimum absolute atomic E-state index is 0.928. The Morgan fingerprint density at radius 2 is 2.71 bits per heavy atom. The van der Waals surface area contributed by atoms with Gasteiger partial charge in [-0.2, -0.15) is 0 Å². The van der Waals surface area contributed by atoms with E-state index < -0.39 is 0 Å². The first-order valence-corrected chi connectivity index (χ1v) is 2.38. The van der Waals surface area contributed by atoms with Crippen LogP contribution in [0.5, 0.6) is 0 Å². The van der Waals surface area contributed by atoms with Gasteiger partial charge in [-0.25, -0.2) is 0 Å². The molecule has 0 fully saturated rings. The van der Waals surface area contributed by atoms with Crippen molar-refractivity contribution in [3.05, 3.63) is 23.9 Å². The third-order valence-electron chi connectivity index (χ3n) is 0.873. The zero-order valence-corrected chi connectivity index (χ0v) is 4.36. The molecule has 0 aliphatic carbocycles. The van der Waals surface area contributed by atoms with E-state index >= 15 is 0 Å². The highest BCUT2D eigenvalue weighted by atomic mass is 14.8. The SMILES string of the molecule is CC1=[C]NCC=C1. The van der Waals surface area contributed by atoms with Crippen LogP contribution < -0.4 is 5.32 Å². The summed E-state index contributed by atoms with van der Waals surface area (Å²) in [5, 5.41) is 2.96. The van der Waals surface area contributed by atoms with E-state index in [9.17, 15) is 0 Å². The molecule has 0 amide bonds. The quantitative estimate of drug-likeness (QED) is 0.469. The molecule has 0 aromatic carbocycles.